The van der Waals surface area contributed by atoms with Crippen LogP contribution in [0.5, 0.6) is 0 Å². The molecule has 0 saturated carbocycles. The van der Waals surface area contributed by atoms with Gasteiger partial charge in [0.15, 0.2) is 0 Å². The van der Waals surface area contributed by atoms with Gasteiger partial charge < -0.3 is 15.2 Å². The summed E-state index contributed by atoms with van der Waals surface area (Å²) in [5.41, 5.74) is 5.90. The van der Waals surface area contributed by atoms with E-state index < -0.39 is 0 Å². The van der Waals surface area contributed by atoms with Crippen LogP contribution in [-0.4, -0.2) is 31.0 Å². The minimum absolute atomic E-state index is 0.0819. The summed E-state index contributed by atoms with van der Waals surface area (Å²) in [5, 5.41) is 0. The minimum atomic E-state index is -0.0819. The zero-order valence-electron chi connectivity index (χ0n) is 10.3. The van der Waals surface area contributed by atoms with Crippen molar-refractivity contribution < 1.29 is 9.47 Å². The quantitative estimate of drug-likeness (QED) is 0.763. The summed E-state index contributed by atoms with van der Waals surface area (Å²) in [6.45, 7) is 7.74. The lowest BCUT2D eigenvalue weighted by molar-refractivity contribution is -0.0125. The second-order valence-electron chi connectivity index (χ2n) is 5.40. The van der Waals surface area contributed by atoms with Crippen LogP contribution in [0.3, 0.4) is 0 Å². The Morgan fingerprint density at radius 2 is 2.20 bits per heavy atom. The van der Waals surface area contributed by atoms with E-state index in [4.69, 9.17) is 15.2 Å². The van der Waals surface area contributed by atoms with Crippen LogP contribution in [0.1, 0.15) is 46.5 Å². The van der Waals surface area contributed by atoms with Gasteiger partial charge in [0, 0.05) is 12.6 Å². The molecule has 0 aliphatic carbocycles. The maximum atomic E-state index is 5.98. The predicted molar refractivity (Wildman–Crippen MR) is 61.9 cm³/mol. The summed E-state index contributed by atoms with van der Waals surface area (Å²) in [7, 11) is 0. The Morgan fingerprint density at radius 1 is 1.47 bits per heavy atom. The average Bonchev–Trinajstić information content (AvgIpc) is 2.62. The molecule has 1 saturated heterocycles. The summed E-state index contributed by atoms with van der Waals surface area (Å²) in [6.07, 6.45) is 4.94. The van der Waals surface area contributed by atoms with Crippen LogP contribution >= 0.6 is 0 Å². The molecule has 90 valence electrons. The van der Waals surface area contributed by atoms with Gasteiger partial charge in [-0.25, -0.2) is 0 Å². The lowest BCUT2D eigenvalue weighted by Gasteiger charge is -2.23. The van der Waals surface area contributed by atoms with Gasteiger partial charge in [-0.05, 0) is 46.5 Å². The molecule has 0 amide bonds. The molecule has 0 radical (unpaired) electrons. The van der Waals surface area contributed by atoms with Crippen LogP contribution in [0.15, 0.2) is 0 Å². The van der Waals surface area contributed by atoms with Gasteiger partial charge in [0.2, 0.25) is 0 Å². The highest BCUT2D eigenvalue weighted by atomic mass is 16.5. The van der Waals surface area contributed by atoms with Crippen molar-refractivity contribution in [1.82, 2.24) is 0 Å². The van der Waals surface area contributed by atoms with Crippen molar-refractivity contribution in [1.29, 1.82) is 0 Å². The van der Waals surface area contributed by atoms with Crippen molar-refractivity contribution in [2.45, 2.75) is 64.2 Å². The first-order chi connectivity index (χ1) is 6.97. The number of hydrogen-bond donors (Lipinski definition) is 1. The smallest absolute Gasteiger partial charge is 0.0624 e. The van der Waals surface area contributed by atoms with Crippen molar-refractivity contribution in [2.24, 2.45) is 5.73 Å². The number of hydrogen-bond acceptors (Lipinski definition) is 3. The monoisotopic (exact) mass is 215 g/mol. The van der Waals surface area contributed by atoms with Crippen LogP contribution in [0.4, 0.5) is 0 Å². The third-order valence-corrected chi connectivity index (χ3v) is 2.61. The first kappa shape index (κ1) is 12.9. The molecular formula is C12H25NO2. The molecular weight excluding hydrogens is 190 g/mol. The highest BCUT2D eigenvalue weighted by molar-refractivity contribution is 4.70. The molecule has 0 aromatic rings. The average molecular weight is 215 g/mol. The molecule has 1 fully saturated rings. The van der Waals surface area contributed by atoms with E-state index in [2.05, 4.69) is 20.8 Å². The van der Waals surface area contributed by atoms with E-state index in [0.717, 1.165) is 19.4 Å². The summed E-state index contributed by atoms with van der Waals surface area (Å²) < 4.78 is 11.2. The van der Waals surface area contributed by atoms with Crippen molar-refractivity contribution in [3.63, 3.8) is 0 Å². The van der Waals surface area contributed by atoms with Crippen LogP contribution in [0.2, 0.25) is 0 Å². The molecule has 15 heavy (non-hydrogen) atoms. The van der Waals surface area contributed by atoms with Crippen molar-refractivity contribution >= 4 is 0 Å². The Hall–Kier alpha value is -0.120. The van der Waals surface area contributed by atoms with Crippen LogP contribution < -0.4 is 5.73 Å². The standard InChI is InChI=1S/C12H25NO2/c1-12(2,3)15-9-10(13)6-7-11-5-4-8-14-11/h10-11H,4-9,13H2,1-3H3. The van der Waals surface area contributed by atoms with Crippen molar-refractivity contribution in [2.75, 3.05) is 13.2 Å². The Balaban J connectivity index is 2.05. The van der Waals surface area contributed by atoms with E-state index in [0.29, 0.717) is 12.7 Å². The van der Waals surface area contributed by atoms with E-state index in [1.54, 1.807) is 0 Å². The summed E-state index contributed by atoms with van der Waals surface area (Å²) >= 11 is 0. The lowest BCUT2D eigenvalue weighted by Crippen LogP contribution is -2.32. The van der Waals surface area contributed by atoms with Crippen molar-refractivity contribution in [3.8, 4) is 0 Å². The van der Waals surface area contributed by atoms with Gasteiger partial charge in [0.1, 0.15) is 0 Å². The topological polar surface area (TPSA) is 44.5 Å². The van der Waals surface area contributed by atoms with Gasteiger partial charge in [0.25, 0.3) is 0 Å². The summed E-state index contributed by atoms with van der Waals surface area (Å²) in [4.78, 5) is 0. The molecule has 1 rings (SSSR count). The molecule has 0 aromatic heterocycles. The molecule has 3 heteroatoms. The molecule has 0 bridgehead atoms. The second-order valence-corrected chi connectivity index (χ2v) is 5.40. The Bertz CT molecular complexity index is 171. The SMILES string of the molecule is CC(C)(C)OCC(N)CCC1CCCO1. The van der Waals surface area contributed by atoms with Crippen molar-refractivity contribution in [3.05, 3.63) is 0 Å². The largest absolute Gasteiger partial charge is 0.378 e. The number of ether oxygens (including phenoxy) is 2. The molecule has 2 unspecified atom stereocenters. The van der Waals surface area contributed by atoms with Crippen LogP contribution in [-0.2, 0) is 9.47 Å². The molecule has 1 aliphatic rings. The van der Waals surface area contributed by atoms with Gasteiger partial charge in [-0.1, -0.05) is 0 Å². The first-order valence-corrected chi connectivity index (χ1v) is 5.98. The molecule has 1 aliphatic heterocycles. The van der Waals surface area contributed by atoms with Gasteiger partial charge in [-0.15, -0.1) is 0 Å². The summed E-state index contributed by atoms with van der Waals surface area (Å²) in [6, 6.07) is 0.147. The maximum absolute atomic E-state index is 5.98. The molecule has 3 nitrogen and oxygen atoms in total. The van der Waals surface area contributed by atoms with Gasteiger partial charge in [-0.2, -0.15) is 0 Å². The minimum Gasteiger partial charge on any atom is -0.378 e. The zero-order chi connectivity index (χ0) is 11.3. The highest BCUT2D eigenvalue weighted by Crippen LogP contribution is 2.17. The van der Waals surface area contributed by atoms with Crippen LogP contribution in [0.25, 0.3) is 0 Å². The Kier molecular flexibility index (Phi) is 5.03. The van der Waals surface area contributed by atoms with Gasteiger partial charge >= 0.3 is 0 Å². The third kappa shape index (κ3) is 6.13. The predicted octanol–water partition coefficient (Wildman–Crippen LogP) is 2.09. The third-order valence-electron chi connectivity index (χ3n) is 2.61. The highest BCUT2D eigenvalue weighted by Gasteiger charge is 2.18. The molecule has 2 N–H and O–H groups in total. The number of nitrogens with two attached hydrogens (primary N) is 1. The molecule has 0 spiro atoms. The fourth-order valence-corrected chi connectivity index (χ4v) is 1.71. The van der Waals surface area contributed by atoms with Gasteiger partial charge in [0.05, 0.1) is 18.3 Å². The summed E-state index contributed by atoms with van der Waals surface area (Å²) in [5.74, 6) is 0. The molecule has 1 heterocycles. The van der Waals surface area contributed by atoms with E-state index >= 15 is 0 Å². The second kappa shape index (κ2) is 5.83. The van der Waals surface area contributed by atoms with E-state index in [-0.39, 0.29) is 11.6 Å². The number of rotatable bonds is 5. The normalized spacial score (nSPS) is 24.4. The van der Waals surface area contributed by atoms with E-state index in [9.17, 15) is 0 Å². The lowest BCUT2D eigenvalue weighted by atomic mass is 10.1. The maximum Gasteiger partial charge on any atom is 0.0624 e. The fourth-order valence-electron chi connectivity index (χ4n) is 1.71. The van der Waals surface area contributed by atoms with E-state index in [1.165, 1.54) is 12.8 Å². The van der Waals surface area contributed by atoms with Gasteiger partial charge in [-0.3, -0.25) is 0 Å². The zero-order valence-corrected chi connectivity index (χ0v) is 10.3. The Labute approximate surface area is 93.3 Å². The molecule has 0 aromatic carbocycles. The molecule has 2 atom stereocenters. The van der Waals surface area contributed by atoms with E-state index in [1.807, 2.05) is 0 Å². The Morgan fingerprint density at radius 3 is 2.73 bits per heavy atom. The van der Waals surface area contributed by atoms with Crippen LogP contribution in [0, 0.1) is 0 Å². The fraction of sp³-hybridized carbons (Fsp3) is 1.00. The first-order valence-electron chi connectivity index (χ1n) is 5.98.